The fourth-order valence-corrected chi connectivity index (χ4v) is 7.52. The van der Waals surface area contributed by atoms with Crippen LogP contribution in [0.2, 0.25) is 0 Å². The van der Waals surface area contributed by atoms with Gasteiger partial charge in [-0.25, -0.2) is 0 Å². The number of para-hydroxylation sites is 2. The van der Waals surface area contributed by atoms with Gasteiger partial charge in [0.25, 0.3) is 0 Å². The third kappa shape index (κ3) is 4.89. The van der Waals surface area contributed by atoms with Crippen molar-refractivity contribution in [2.24, 2.45) is 23.2 Å². The number of piperazine rings is 1. The predicted octanol–water partition coefficient (Wildman–Crippen LogP) is 3.80. The largest absolute Gasteiger partial charge is 0.495 e. The number of hydrogen-bond donors (Lipinski definition) is 1. The van der Waals surface area contributed by atoms with Crippen LogP contribution in [-0.2, 0) is 4.74 Å². The summed E-state index contributed by atoms with van der Waals surface area (Å²) in [6.07, 6.45) is 9.66. The number of rotatable bonds is 9. The van der Waals surface area contributed by atoms with Gasteiger partial charge in [-0.2, -0.15) is 0 Å². The molecule has 5 heteroatoms. The maximum absolute atomic E-state index is 10.5. The van der Waals surface area contributed by atoms with Gasteiger partial charge in [-0.3, -0.25) is 4.90 Å². The summed E-state index contributed by atoms with van der Waals surface area (Å²) in [6, 6.07) is 8.22. The fourth-order valence-electron chi connectivity index (χ4n) is 7.52. The Hall–Kier alpha value is -1.30. The minimum atomic E-state index is -0.394. The Labute approximate surface area is 187 Å². The summed E-state index contributed by atoms with van der Waals surface area (Å²) in [6.45, 7) is 5.84. The molecule has 1 aromatic carbocycles. The van der Waals surface area contributed by atoms with Crippen LogP contribution >= 0.6 is 0 Å². The van der Waals surface area contributed by atoms with Crippen molar-refractivity contribution in [3.8, 4) is 5.75 Å². The second-order valence-electron chi connectivity index (χ2n) is 10.9. The van der Waals surface area contributed by atoms with Crippen LogP contribution in [0.25, 0.3) is 0 Å². The zero-order valence-electron chi connectivity index (χ0n) is 19.2. The smallest absolute Gasteiger partial charge is 0.142 e. The molecule has 1 atom stereocenters. The normalized spacial score (nSPS) is 33.6. The Bertz CT molecular complexity index is 696. The molecule has 31 heavy (non-hydrogen) atoms. The van der Waals surface area contributed by atoms with Crippen molar-refractivity contribution in [1.29, 1.82) is 0 Å². The molecule has 0 spiro atoms. The lowest BCUT2D eigenvalue weighted by atomic mass is 9.49. The van der Waals surface area contributed by atoms with E-state index in [1.807, 2.05) is 12.1 Å². The predicted molar refractivity (Wildman–Crippen MR) is 124 cm³/mol. The number of aliphatic hydroxyl groups excluding tert-OH is 1. The monoisotopic (exact) mass is 428 g/mol. The van der Waals surface area contributed by atoms with E-state index >= 15 is 0 Å². The number of anilines is 1. The molecule has 0 radical (unpaired) electrons. The quantitative estimate of drug-likeness (QED) is 0.606. The van der Waals surface area contributed by atoms with Crippen molar-refractivity contribution in [3.63, 3.8) is 0 Å². The lowest BCUT2D eigenvalue weighted by molar-refractivity contribution is -0.0741. The third-order valence-electron chi connectivity index (χ3n) is 8.52. The number of aliphatic hydroxyl groups is 1. The molecule has 1 saturated heterocycles. The summed E-state index contributed by atoms with van der Waals surface area (Å²) < 4.78 is 11.5. The molecular formula is C26H40N2O3. The summed E-state index contributed by atoms with van der Waals surface area (Å²) in [5.41, 5.74) is 1.74. The van der Waals surface area contributed by atoms with E-state index in [0.29, 0.717) is 18.6 Å². The summed E-state index contributed by atoms with van der Waals surface area (Å²) in [4.78, 5) is 4.74. The Morgan fingerprint density at radius 2 is 1.65 bits per heavy atom. The van der Waals surface area contributed by atoms with Crippen LogP contribution < -0.4 is 9.64 Å². The first-order valence-corrected chi connectivity index (χ1v) is 12.5. The van der Waals surface area contributed by atoms with Crippen LogP contribution in [0, 0.1) is 23.2 Å². The van der Waals surface area contributed by atoms with Gasteiger partial charge in [-0.05, 0) is 80.2 Å². The Balaban J connectivity index is 1.01. The van der Waals surface area contributed by atoms with Gasteiger partial charge >= 0.3 is 0 Å². The van der Waals surface area contributed by atoms with Crippen molar-refractivity contribution >= 4 is 5.69 Å². The molecule has 4 aliphatic carbocycles. The first-order valence-electron chi connectivity index (χ1n) is 12.5. The lowest BCUT2D eigenvalue weighted by Crippen LogP contribution is -2.49. The molecule has 1 aromatic rings. The van der Waals surface area contributed by atoms with Crippen molar-refractivity contribution < 1.29 is 14.6 Å². The summed E-state index contributed by atoms with van der Waals surface area (Å²) in [7, 11) is 1.73. The summed E-state index contributed by atoms with van der Waals surface area (Å²) in [5, 5.41) is 10.5. The lowest BCUT2D eigenvalue weighted by Gasteiger charge is -2.57. The molecule has 0 amide bonds. The molecule has 5 nitrogen and oxygen atoms in total. The topological polar surface area (TPSA) is 45.2 Å². The first-order chi connectivity index (χ1) is 15.1. The van der Waals surface area contributed by atoms with E-state index in [1.54, 1.807) is 7.11 Å². The number of benzene rings is 1. The number of methoxy groups -OCH3 is 1. The van der Waals surface area contributed by atoms with E-state index in [1.165, 1.54) is 50.6 Å². The van der Waals surface area contributed by atoms with Crippen molar-refractivity contribution in [3.05, 3.63) is 24.3 Å². The highest BCUT2D eigenvalue weighted by molar-refractivity contribution is 5.58. The minimum absolute atomic E-state index is 0.394. The third-order valence-corrected chi connectivity index (χ3v) is 8.52. The Kier molecular flexibility index (Phi) is 6.45. The van der Waals surface area contributed by atoms with E-state index in [-0.39, 0.29) is 0 Å². The molecule has 5 aliphatic rings. The number of β-amino-alcohol motifs (C(OH)–C–C–N with tert-alkyl or cyclic N) is 1. The number of nitrogens with zero attached hydrogens (tertiary/aromatic N) is 2. The van der Waals surface area contributed by atoms with Gasteiger partial charge < -0.3 is 19.5 Å². The molecule has 1 N–H and O–H groups in total. The molecule has 4 saturated carbocycles. The Morgan fingerprint density at radius 1 is 1.00 bits per heavy atom. The molecule has 1 unspecified atom stereocenters. The van der Waals surface area contributed by atoms with Crippen LogP contribution in [0.1, 0.15) is 44.9 Å². The molecule has 5 fully saturated rings. The first kappa shape index (κ1) is 21.5. The summed E-state index contributed by atoms with van der Waals surface area (Å²) in [5.74, 6) is 3.95. The van der Waals surface area contributed by atoms with Gasteiger partial charge in [0.2, 0.25) is 0 Å². The van der Waals surface area contributed by atoms with E-state index in [2.05, 4.69) is 21.9 Å². The van der Waals surface area contributed by atoms with E-state index < -0.39 is 6.10 Å². The molecule has 172 valence electrons. The zero-order valence-corrected chi connectivity index (χ0v) is 19.2. The molecule has 4 bridgehead atoms. The van der Waals surface area contributed by atoms with E-state index in [4.69, 9.17) is 9.47 Å². The van der Waals surface area contributed by atoms with Gasteiger partial charge in [0.05, 0.1) is 25.5 Å². The highest BCUT2D eigenvalue weighted by Crippen LogP contribution is 2.61. The van der Waals surface area contributed by atoms with Crippen LogP contribution in [0.4, 0.5) is 5.69 Å². The second kappa shape index (κ2) is 9.29. The minimum Gasteiger partial charge on any atom is -0.495 e. The summed E-state index contributed by atoms with van der Waals surface area (Å²) >= 11 is 0. The number of hydrogen-bond acceptors (Lipinski definition) is 5. The molecular weight excluding hydrogens is 388 g/mol. The average molecular weight is 429 g/mol. The van der Waals surface area contributed by atoms with Gasteiger partial charge in [-0.1, -0.05) is 12.1 Å². The molecule has 0 aromatic heterocycles. The zero-order chi connectivity index (χ0) is 21.3. The average Bonchev–Trinajstić information content (AvgIpc) is 2.76. The maximum atomic E-state index is 10.5. The van der Waals surface area contributed by atoms with Crippen LogP contribution in [0.5, 0.6) is 5.75 Å². The highest BCUT2D eigenvalue weighted by atomic mass is 16.5. The molecule has 1 heterocycles. The molecule has 6 rings (SSSR count). The SMILES string of the molecule is COc1ccccc1N1CCN(CC(O)COCCC23CC4CC(CC(C4)C2)C3)CC1. The van der Waals surface area contributed by atoms with Crippen LogP contribution in [0.3, 0.4) is 0 Å². The number of ether oxygens (including phenoxy) is 2. The van der Waals surface area contributed by atoms with Gasteiger partial charge in [0.1, 0.15) is 5.75 Å². The molecule has 1 aliphatic heterocycles. The van der Waals surface area contributed by atoms with Gasteiger partial charge in [-0.15, -0.1) is 0 Å². The van der Waals surface area contributed by atoms with Crippen LogP contribution in [0.15, 0.2) is 24.3 Å². The fraction of sp³-hybridized carbons (Fsp3) is 0.769. The highest BCUT2D eigenvalue weighted by Gasteiger charge is 2.50. The van der Waals surface area contributed by atoms with E-state index in [9.17, 15) is 5.11 Å². The van der Waals surface area contributed by atoms with Gasteiger partial charge in [0.15, 0.2) is 0 Å². The van der Waals surface area contributed by atoms with Gasteiger partial charge in [0, 0.05) is 39.3 Å². The standard InChI is InChI=1S/C26H40N2O3/c1-30-25-5-3-2-4-24(25)28-9-7-27(8-10-28)18-23(29)19-31-11-6-26-15-20-12-21(16-26)14-22(13-20)17-26/h2-5,20-23,29H,6-19H2,1H3. The van der Waals surface area contributed by atoms with E-state index in [0.717, 1.165) is 56.3 Å². The van der Waals surface area contributed by atoms with Crippen molar-refractivity contribution in [2.75, 3.05) is 57.9 Å². The van der Waals surface area contributed by atoms with Crippen molar-refractivity contribution in [1.82, 2.24) is 4.90 Å². The van der Waals surface area contributed by atoms with Crippen LogP contribution in [-0.4, -0.2) is 69.2 Å². The Morgan fingerprint density at radius 3 is 2.29 bits per heavy atom. The maximum Gasteiger partial charge on any atom is 0.142 e. The van der Waals surface area contributed by atoms with Crippen molar-refractivity contribution in [2.45, 2.75) is 51.0 Å². The second-order valence-corrected chi connectivity index (χ2v) is 10.9.